The normalized spacial score (nSPS) is 10.8. The number of amides is 1. The Balaban J connectivity index is 1.68. The Hall–Kier alpha value is -2.02. The van der Waals surface area contributed by atoms with Crippen LogP contribution >= 0.6 is 35.0 Å². The Labute approximate surface area is 151 Å². The molecule has 5 nitrogen and oxygen atoms in total. The smallest absolute Gasteiger partial charge is 0.259 e. The molecule has 1 aromatic heterocycles. The van der Waals surface area contributed by atoms with E-state index in [0.29, 0.717) is 31.8 Å². The van der Waals surface area contributed by atoms with E-state index in [4.69, 9.17) is 23.2 Å². The van der Waals surface area contributed by atoms with Gasteiger partial charge in [0.15, 0.2) is 5.16 Å². The zero-order valence-electron chi connectivity index (χ0n) is 12.2. The van der Waals surface area contributed by atoms with Gasteiger partial charge in [0.05, 0.1) is 26.7 Å². The van der Waals surface area contributed by atoms with Crippen molar-refractivity contribution in [3.05, 3.63) is 62.9 Å². The first-order valence-electron chi connectivity index (χ1n) is 6.90. The highest BCUT2D eigenvalue weighted by molar-refractivity contribution is 7.99. The van der Waals surface area contributed by atoms with E-state index in [1.807, 2.05) is 0 Å². The Morgan fingerprint density at radius 1 is 1.17 bits per heavy atom. The number of halogens is 2. The largest absolute Gasteiger partial charge is 0.325 e. The molecule has 0 saturated heterocycles. The van der Waals surface area contributed by atoms with Crippen molar-refractivity contribution in [2.75, 3.05) is 11.1 Å². The van der Waals surface area contributed by atoms with Crippen molar-refractivity contribution in [2.24, 2.45) is 0 Å². The number of hydrogen-bond acceptors (Lipinski definition) is 4. The number of carbonyl (C=O) groups excluding carboxylic acids is 1. The average molecular weight is 380 g/mol. The van der Waals surface area contributed by atoms with Crippen molar-refractivity contribution in [3.8, 4) is 0 Å². The summed E-state index contributed by atoms with van der Waals surface area (Å²) in [5.41, 5.74) is 0.914. The van der Waals surface area contributed by atoms with Crippen LogP contribution in [0.25, 0.3) is 10.9 Å². The minimum Gasteiger partial charge on any atom is -0.325 e. The van der Waals surface area contributed by atoms with Crippen LogP contribution in [0, 0.1) is 0 Å². The summed E-state index contributed by atoms with van der Waals surface area (Å²) in [5, 5.41) is 4.40. The molecule has 0 saturated carbocycles. The number of benzene rings is 2. The second-order valence-electron chi connectivity index (χ2n) is 4.85. The molecular weight excluding hydrogens is 369 g/mol. The molecule has 1 heterocycles. The molecule has 8 heteroatoms. The number of anilines is 1. The highest BCUT2D eigenvalue weighted by atomic mass is 35.5. The lowest BCUT2D eigenvalue weighted by Crippen LogP contribution is -2.15. The van der Waals surface area contributed by atoms with Crippen LogP contribution in [-0.2, 0) is 4.79 Å². The Morgan fingerprint density at radius 2 is 1.96 bits per heavy atom. The first kappa shape index (κ1) is 16.8. The monoisotopic (exact) mass is 379 g/mol. The number of hydrogen-bond donors (Lipinski definition) is 2. The molecule has 1 amide bonds. The quantitative estimate of drug-likeness (QED) is 0.531. The number of nitrogens with zero attached hydrogens (tertiary/aromatic N) is 1. The van der Waals surface area contributed by atoms with Crippen LogP contribution in [0.3, 0.4) is 0 Å². The minimum absolute atomic E-state index is 0.0987. The molecule has 2 N–H and O–H groups in total. The van der Waals surface area contributed by atoms with Gasteiger partial charge >= 0.3 is 0 Å². The number of fused-ring (bicyclic) bond motifs is 1. The van der Waals surface area contributed by atoms with Gasteiger partial charge < -0.3 is 10.3 Å². The van der Waals surface area contributed by atoms with Crippen LogP contribution in [0.4, 0.5) is 5.69 Å². The molecule has 122 valence electrons. The number of para-hydroxylation sites is 1. The van der Waals surface area contributed by atoms with Crippen LogP contribution in [0.5, 0.6) is 0 Å². The summed E-state index contributed by atoms with van der Waals surface area (Å²) < 4.78 is 0. The molecule has 0 bridgehead atoms. The Morgan fingerprint density at radius 3 is 2.75 bits per heavy atom. The van der Waals surface area contributed by atoms with Gasteiger partial charge in [-0.1, -0.05) is 47.1 Å². The second-order valence-corrected chi connectivity index (χ2v) is 6.63. The van der Waals surface area contributed by atoms with Gasteiger partial charge in [0.2, 0.25) is 5.91 Å². The molecule has 0 spiro atoms. The molecule has 0 aliphatic heterocycles. The minimum atomic E-state index is -0.241. The van der Waals surface area contributed by atoms with Crippen molar-refractivity contribution in [3.63, 3.8) is 0 Å². The summed E-state index contributed by atoms with van der Waals surface area (Å²) in [6, 6.07) is 11.9. The first-order valence-corrected chi connectivity index (χ1v) is 8.64. The van der Waals surface area contributed by atoms with Crippen molar-refractivity contribution in [1.82, 2.24) is 9.97 Å². The van der Waals surface area contributed by atoms with Gasteiger partial charge in [0, 0.05) is 5.69 Å². The number of rotatable bonds is 4. The van der Waals surface area contributed by atoms with E-state index in [2.05, 4.69) is 15.3 Å². The number of aromatic amines is 1. The topological polar surface area (TPSA) is 74.8 Å². The van der Waals surface area contributed by atoms with Gasteiger partial charge in [0.25, 0.3) is 5.56 Å². The first-order chi connectivity index (χ1) is 11.5. The SMILES string of the molecule is O=C(CSc1nc2ccccc2c(=O)[nH]1)Nc1ccc(Cl)c(Cl)c1. The molecule has 0 unspecified atom stereocenters. The van der Waals surface area contributed by atoms with Gasteiger partial charge in [-0.15, -0.1) is 0 Å². The van der Waals surface area contributed by atoms with E-state index in [1.165, 1.54) is 0 Å². The second kappa shape index (κ2) is 7.25. The van der Waals surface area contributed by atoms with Gasteiger partial charge in [-0.2, -0.15) is 0 Å². The summed E-state index contributed by atoms with van der Waals surface area (Å²) in [7, 11) is 0. The fraction of sp³-hybridized carbons (Fsp3) is 0.0625. The Bertz CT molecular complexity index is 975. The average Bonchev–Trinajstić information content (AvgIpc) is 2.56. The summed E-state index contributed by atoms with van der Waals surface area (Å²) >= 11 is 12.9. The summed E-state index contributed by atoms with van der Waals surface area (Å²) in [6.07, 6.45) is 0. The van der Waals surface area contributed by atoms with Gasteiger partial charge in [-0.3, -0.25) is 9.59 Å². The van der Waals surface area contributed by atoms with E-state index in [-0.39, 0.29) is 17.2 Å². The maximum Gasteiger partial charge on any atom is 0.259 e. The number of carbonyl (C=O) groups is 1. The van der Waals surface area contributed by atoms with Crippen molar-refractivity contribution < 1.29 is 4.79 Å². The molecule has 0 fully saturated rings. The van der Waals surface area contributed by atoms with Crippen LogP contribution in [0.2, 0.25) is 10.0 Å². The molecule has 0 aliphatic rings. The highest BCUT2D eigenvalue weighted by Crippen LogP contribution is 2.25. The number of aromatic nitrogens is 2. The molecule has 0 aliphatic carbocycles. The number of H-pyrrole nitrogens is 1. The van der Waals surface area contributed by atoms with E-state index in [0.717, 1.165) is 11.8 Å². The van der Waals surface area contributed by atoms with E-state index in [1.54, 1.807) is 42.5 Å². The zero-order chi connectivity index (χ0) is 17.1. The summed E-state index contributed by atoms with van der Waals surface area (Å²) in [6.45, 7) is 0. The predicted octanol–water partition coefficient (Wildman–Crippen LogP) is 3.96. The lowest BCUT2D eigenvalue weighted by Gasteiger charge is -2.06. The van der Waals surface area contributed by atoms with Crippen LogP contribution in [0.15, 0.2) is 52.4 Å². The van der Waals surface area contributed by atoms with Gasteiger partial charge in [0.1, 0.15) is 0 Å². The zero-order valence-corrected chi connectivity index (χ0v) is 14.5. The summed E-state index contributed by atoms with van der Waals surface area (Å²) in [5.74, 6) is -0.143. The van der Waals surface area contributed by atoms with Crippen molar-refractivity contribution in [2.45, 2.75) is 5.16 Å². The van der Waals surface area contributed by atoms with E-state index >= 15 is 0 Å². The third-order valence-electron chi connectivity index (χ3n) is 3.13. The van der Waals surface area contributed by atoms with Crippen LogP contribution in [0.1, 0.15) is 0 Å². The van der Waals surface area contributed by atoms with E-state index < -0.39 is 0 Å². The number of nitrogens with one attached hydrogen (secondary N) is 2. The fourth-order valence-electron chi connectivity index (χ4n) is 2.04. The fourth-order valence-corrected chi connectivity index (χ4v) is 3.00. The lowest BCUT2D eigenvalue weighted by atomic mass is 10.2. The number of thioether (sulfide) groups is 1. The molecule has 3 rings (SSSR count). The van der Waals surface area contributed by atoms with Crippen LogP contribution in [-0.4, -0.2) is 21.6 Å². The third kappa shape index (κ3) is 3.90. The molecular formula is C16H11Cl2N3O2S. The molecule has 2 aromatic carbocycles. The predicted molar refractivity (Wildman–Crippen MR) is 98.2 cm³/mol. The molecule has 0 atom stereocenters. The maximum atomic E-state index is 12.0. The van der Waals surface area contributed by atoms with E-state index in [9.17, 15) is 9.59 Å². The van der Waals surface area contributed by atoms with Crippen molar-refractivity contribution >= 4 is 57.5 Å². The molecule has 3 aromatic rings. The van der Waals surface area contributed by atoms with Gasteiger partial charge in [-0.25, -0.2) is 4.98 Å². The lowest BCUT2D eigenvalue weighted by molar-refractivity contribution is -0.113. The summed E-state index contributed by atoms with van der Waals surface area (Å²) in [4.78, 5) is 31.0. The van der Waals surface area contributed by atoms with Gasteiger partial charge in [-0.05, 0) is 30.3 Å². The Kier molecular flexibility index (Phi) is 5.08. The highest BCUT2D eigenvalue weighted by Gasteiger charge is 2.08. The van der Waals surface area contributed by atoms with Crippen LogP contribution < -0.4 is 10.9 Å². The molecule has 0 radical (unpaired) electrons. The van der Waals surface area contributed by atoms with Crippen molar-refractivity contribution in [1.29, 1.82) is 0 Å². The molecule has 24 heavy (non-hydrogen) atoms. The maximum absolute atomic E-state index is 12.0. The standard InChI is InChI=1S/C16H11Cl2N3O2S/c17-11-6-5-9(7-12(11)18)19-14(22)8-24-16-20-13-4-2-1-3-10(13)15(23)21-16/h1-7H,8H2,(H,19,22)(H,20,21,23). The third-order valence-corrected chi connectivity index (χ3v) is 4.75.